The molecule has 0 fully saturated rings. The van der Waals surface area contributed by atoms with Crippen molar-refractivity contribution < 1.29 is 0 Å². The van der Waals surface area contributed by atoms with Crippen molar-refractivity contribution in [2.45, 2.75) is 13.1 Å². The summed E-state index contributed by atoms with van der Waals surface area (Å²) >= 11 is 1.68. The van der Waals surface area contributed by atoms with E-state index in [0.29, 0.717) is 5.65 Å². The van der Waals surface area contributed by atoms with Crippen LogP contribution in [0.25, 0.3) is 55.8 Å². The van der Waals surface area contributed by atoms with Gasteiger partial charge in [0.2, 0.25) is 0 Å². The number of imidazole rings is 1. The topological polar surface area (TPSA) is 95.2 Å². The highest BCUT2D eigenvalue weighted by atomic mass is 32.1. The normalized spacial score (nSPS) is 11.5. The molecule has 7 aromatic rings. The first kappa shape index (κ1) is 22.5. The van der Waals surface area contributed by atoms with Gasteiger partial charge in [-0.25, -0.2) is 9.97 Å². The predicted molar refractivity (Wildman–Crippen MR) is 153 cm³/mol. The summed E-state index contributed by atoms with van der Waals surface area (Å²) < 4.78 is 0. The van der Waals surface area contributed by atoms with Crippen molar-refractivity contribution in [2.75, 3.05) is 0 Å². The van der Waals surface area contributed by atoms with Gasteiger partial charge in [-0.05, 0) is 51.7 Å². The van der Waals surface area contributed by atoms with Gasteiger partial charge in [0.1, 0.15) is 5.69 Å². The lowest BCUT2D eigenvalue weighted by Gasteiger charge is -2.07. The SMILES string of the molecule is c1ccc(CNCc2cncc(-c3cnc4n[nH]c(-c5nc6c(-c7ccsc7)cccc6[nH]5)c4c3)c2)cc1. The summed E-state index contributed by atoms with van der Waals surface area (Å²) in [6, 6.07) is 23.0. The van der Waals surface area contributed by atoms with Gasteiger partial charge in [-0.2, -0.15) is 16.4 Å². The molecule has 0 unspecified atom stereocenters. The molecule has 5 aromatic heterocycles. The highest BCUT2D eigenvalue weighted by molar-refractivity contribution is 7.08. The zero-order valence-corrected chi connectivity index (χ0v) is 21.2. The number of aromatic nitrogens is 6. The summed E-state index contributed by atoms with van der Waals surface area (Å²) in [6.07, 6.45) is 5.62. The molecule has 8 heteroatoms. The molecule has 0 spiro atoms. The molecule has 0 saturated carbocycles. The highest BCUT2D eigenvalue weighted by Crippen LogP contribution is 2.33. The fourth-order valence-electron chi connectivity index (χ4n) is 4.73. The van der Waals surface area contributed by atoms with E-state index in [-0.39, 0.29) is 0 Å². The number of thiophene rings is 1. The summed E-state index contributed by atoms with van der Waals surface area (Å²) in [5, 5.41) is 16.2. The van der Waals surface area contributed by atoms with E-state index in [1.54, 1.807) is 11.3 Å². The number of hydrogen-bond donors (Lipinski definition) is 3. The number of para-hydroxylation sites is 1. The van der Waals surface area contributed by atoms with Crippen molar-refractivity contribution in [2.24, 2.45) is 0 Å². The average Bonchev–Trinajstić information content (AvgIpc) is 3.73. The van der Waals surface area contributed by atoms with Crippen molar-refractivity contribution in [3.05, 3.63) is 107 Å². The quantitative estimate of drug-likeness (QED) is 0.224. The van der Waals surface area contributed by atoms with E-state index in [0.717, 1.165) is 63.3 Å². The lowest BCUT2D eigenvalue weighted by molar-refractivity contribution is 0.691. The molecule has 7 nitrogen and oxygen atoms in total. The van der Waals surface area contributed by atoms with Gasteiger partial charge in [-0.1, -0.05) is 42.5 Å². The minimum Gasteiger partial charge on any atom is -0.337 e. The third-order valence-electron chi connectivity index (χ3n) is 6.62. The Morgan fingerprint density at radius 1 is 0.816 bits per heavy atom. The molecule has 0 saturated heterocycles. The van der Waals surface area contributed by atoms with Crippen molar-refractivity contribution in [3.63, 3.8) is 0 Å². The van der Waals surface area contributed by atoms with Crippen LogP contribution < -0.4 is 5.32 Å². The van der Waals surface area contributed by atoms with E-state index in [2.05, 4.69) is 95.8 Å². The number of benzene rings is 2. The Morgan fingerprint density at radius 3 is 2.61 bits per heavy atom. The highest BCUT2D eigenvalue weighted by Gasteiger charge is 2.16. The average molecular weight is 514 g/mol. The first-order valence-corrected chi connectivity index (χ1v) is 13.3. The van der Waals surface area contributed by atoms with Crippen LogP contribution in [0, 0.1) is 0 Å². The zero-order valence-electron chi connectivity index (χ0n) is 20.3. The molecule has 5 heterocycles. The van der Waals surface area contributed by atoms with Gasteiger partial charge >= 0.3 is 0 Å². The van der Waals surface area contributed by atoms with Crippen molar-refractivity contribution in [1.29, 1.82) is 0 Å². The maximum atomic E-state index is 4.97. The summed E-state index contributed by atoms with van der Waals surface area (Å²) in [6.45, 7) is 1.54. The number of nitrogens with one attached hydrogen (secondary N) is 3. The van der Waals surface area contributed by atoms with Crippen LogP contribution in [0.2, 0.25) is 0 Å². The van der Waals surface area contributed by atoms with Crippen LogP contribution >= 0.6 is 11.3 Å². The second-order valence-corrected chi connectivity index (χ2v) is 9.94. The Morgan fingerprint density at radius 2 is 1.71 bits per heavy atom. The second-order valence-electron chi connectivity index (χ2n) is 9.16. The van der Waals surface area contributed by atoms with Gasteiger partial charge in [0.25, 0.3) is 0 Å². The van der Waals surface area contributed by atoms with E-state index in [1.807, 2.05) is 30.7 Å². The molecule has 7 rings (SSSR count). The minimum atomic E-state index is 0.649. The minimum absolute atomic E-state index is 0.649. The van der Waals surface area contributed by atoms with Gasteiger partial charge in [0.15, 0.2) is 11.5 Å². The monoisotopic (exact) mass is 513 g/mol. The third kappa shape index (κ3) is 4.26. The van der Waals surface area contributed by atoms with Crippen LogP contribution in [0.15, 0.2) is 96.1 Å². The van der Waals surface area contributed by atoms with Crippen LogP contribution in [0.1, 0.15) is 11.1 Å². The lowest BCUT2D eigenvalue weighted by atomic mass is 10.1. The van der Waals surface area contributed by atoms with Crippen molar-refractivity contribution in [1.82, 2.24) is 35.5 Å². The fraction of sp³-hybridized carbons (Fsp3) is 0.0667. The fourth-order valence-corrected chi connectivity index (χ4v) is 5.38. The number of aromatic amines is 2. The summed E-state index contributed by atoms with van der Waals surface area (Å²) in [5.74, 6) is 0.737. The van der Waals surface area contributed by atoms with E-state index >= 15 is 0 Å². The first-order valence-electron chi connectivity index (χ1n) is 12.4. The molecule has 0 aliphatic carbocycles. The number of rotatable bonds is 7. The Labute approximate surface area is 222 Å². The summed E-state index contributed by atoms with van der Waals surface area (Å²) in [7, 11) is 0. The molecular formula is C30H23N7S. The number of fused-ring (bicyclic) bond motifs is 2. The molecule has 0 amide bonds. The van der Waals surface area contributed by atoms with Crippen LogP contribution in [0.4, 0.5) is 0 Å². The van der Waals surface area contributed by atoms with Gasteiger partial charge in [-0.15, -0.1) is 0 Å². The number of H-pyrrole nitrogens is 2. The number of hydrogen-bond acceptors (Lipinski definition) is 6. The maximum absolute atomic E-state index is 4.97. The van der Waals surface area contributed by atoms with Crippen LogP contribution in [-0.2, 0) is 13.1 Å². The molecule has 184 valence electrons. The van der Waals surface area contributed by atoms with Crippen LogP contribution in [-0.4, -0.2) is 30.1 Å². The van der Waals surface area contributed by atoms with Crippen LogP contribution in [0.5, 0.6) is 0 Å². The molecule has 38 heavy (non-hydrogen) atoms. The third-order valence-corrected chi connectivity index (χ3v) is 7.30. The smallest absolute Gasteiger partial charge is 0.181 e. The number of nitrogens with zero attached hydrogens (tertiary/aromatic N) is 4. The maximum Gasteiger partial charge on any atom is 0.181 e. The lowest BCUT2D eigenvalue weighted by Crippen LogP contribution is -2.12. The Kier molecular flexibility index (Phi) is 5.73. The largest absolute Gasteiger partial charge is 0.337 e. The summed E-state index contributed by atoms with van der Waals surface area (Å²) in [4.78, 5) is 17.5. The first-order chi connectivity index (χ1) is 18.8. The molecule has 0 aliphatic rings. The molecule has 3 N–H and O–H groups in total. The van der Waals surface area contributed by atoms with E-state index in [4.69, 9.17) is 4.98 Å². The van der Waals surface area contributed by atoms with Gasteiger partial charge in [0, 0.05) is 48.4 Å². The number of pyridine rings is 2. The standard InChI is InChI=1S/C30H23N7S/c1-2-5-19(6-3-1)13-31-14-20-11-22(16-32-15-20)23-12-25-28(36-37-29(25)33-17-23)30-34-26-8-4-7-24(27(26)35-30)21-9-10-38-18-21/h1-12,15-18,31H,13-14H2,(H,34,35)(H,33,36,37). The zero-order chi connectivity index (χ0) is 25.3. The Bertz CT molecular complexity index is 1850. The second kappa shape index (κ2) is 9.66. The molecule has 0 radical (unpaired) electrons. The summed E-state index contributed by atoms with van der Waals surface area (Å²) in [5.41, 5.74) is 10.0. The van der Waals surface area contributed by atoms with Gasteiger partial charge in [0.05, 0.1) is 16.4 Å². The molecular weight excluding hydrogens is 490 g/mol. The predicted octanol–water partition coefficient (Wildman–Crippen LogP) is 6.58. The van der Waals surface area contributed by atoms with E-state index in [1.165, 1.54) is 11.1 Å². The molecule has 0 aliphatic heterocycles. The van der Waals surface area contributed by atoms with E-state index in [9.17, 15) is 0 Å². The van der Waals surface area contributed by atoms with Gasteiger partial charge < -0.3 is 10.3 Å². The Hall–Kier alpha value is -4.66. The van der Waals surface area contributed by atoms with Crippen molar-refractivity contribution in [3.8, 4) is 33.8 Å². The molecule has 0 atom stereocenters. The van der Waals surface area contributed by atoms with Gasteiger partial charge in [-0.3, -0.25) is 10.1 Å². The van der Waals surface area contributed by atoms with E-state index < -0.39 is 0 Å². The molecule has 0 bridgehead atoms. The van der Waals surface area contributed by atoms with Crippen LogP contribution in [0.3, 0.4) is 0 Å². The molecule has 2 aromatic carbocycles. The Balaban J connectivity index is 1.20. The van der Waals surface area contributed by atoms with Crippen molar-refractivity contribution >= 4 is 33.4 Å².